The first-order chi connectivity index (χ1) is 11.1. The number of hydrogen-bond donors (Lipinski definition) is 2. The molecule has 146 valence electrons. The van der Waals surface area contributed by atoms with E-state index in [4.69, 9.17) is 0 Å². The normalized spacial score (nSPS) is 29.2. The number of halogens is 2. The Bertz CT molecular complexity index is 458. The Labute approximate surface area is 163 Å². The first-order valence-corrected chi connectivity index (χ1v) is 9.07. The van der Waals surface area contributed by atoms with Crippen molar-refractivity contribution in [3.63, 3.8) is 0 Å². The molecule has 2 aliphatic heterocycles. The van der Waals surface area contributed by atoms with Gasteiger partial charge in [0, 0.05) is 45.7 Å². The maximum Gasteiger partial charge on any atom is 0.227 e. The minimum atomic E-state index is -0.213. The Hall–Kier alpha value is -0.560. The molecule has 1 aliphatic carbocycles. The molecule has 0 unspecified atom stereocenters. The van der Waals surface area contributed by atoms with Gasteiger partial charge in [-0.3, -0.25) is 9.59 Å². The lowest BCUT2D eigenvalue weighted by molar-refractivity contribution is -0.135. The second-order valence-electron chi connectivity index (χ2n) is 7.42. The molecule has 3 fully saturated rings. The number of carbonyl (C=O) groups is 2. The van der Waals surface area contributed by atoms with Crippen LogP contribution in [0.15, 0.2) is 0 Å². The van der Waals surface area contributed by atoms with Gasteiger partial charge < -0.3 is 20.4 Å². The van der Waals surface area contributed by atoms with Crippen LogP contribution in [-0.4, -0.2) is 74.5 Å². The Morgan fingerprint density at radius 1 is 1.16 bits per heavy atom. The van der Waals surface area contributed by atoms with E-state index < -0.39 is 0 Å². The molecule has 2 N–H and O–H groups in total. The van der Waals surface area contributed by atoms with Crippen molar-refractivity contribution in [3.8, 4) is 0 Å². The molecule has 6 nitrogen and oxygen atoms in total. The number of piperazine rings is 1. The van der Waals surface area contributed by atoms with Crippen LogP contribution in [0.25, 0.3) is 0 Å². The van der Waals surface area contributed by atoms with Gasteiger partial charge in [0.2, 0.25) is 11.8 Å². The highest BCUT2D eigenvalue weighted by Crippen LogP contribution is 2.43. The van der Waals surface area contributed by atoms with E-state index in [1.807, 2.05) is 4.90 Å². The second-order valence-corrected chi connectivity index (χ2v) is 7.42. The van der Waals surface area contributed by atoms with Crippen LogP contribution in [0, 0.1) is 11.3 Å². The largest absolute Gasteiger partial charge is 0.355 e. The topological polar surface area (TPSA) is 64.7 Å². The highest BCUT2D eigenvalue weighted by atomic mass is 35.5. The van der Waals surface area contributed by atoms with Gasteiger partial charge in [-0.15, -0.1) is 24.8 Å². The van der Waals surface area contributed by atoms with Crippen molar-refractivity contribution in [1.29, 1.82) is 0 Å². The SMILES string of the molecule is CN1CCN(C(=O)CCNC(=O)[C@@]23CCCC[C@H]2CNC3)CC1.Cl.Cl. The lowest BCUT2D eigenvalue weighted by Gasteiger charge is -2.37. The lowest BCUT2D eigenvalue weighted by Crippen LogP contribution is -2.50. The van der Waals surface area contributed by atoms with Crippen LogP contribution in [0.3, 0.4) is 0 Å². The molecule has 25 heavy (non-hydrogen) atoms. The standard InChI is InChI=1S/C17H30N4O2.2ClH/c1-20-8-10-21(11-9-20)15(22)5-7-19-16(23)17-6-3-2-4-14(17)12-18-13-17;;/h14,18H,2-13H2,1H3,(H,19,23);2*1H/t14-,17+;;/m0../s1. The average Bonchev–Trinajstić information content (AvgIpc) is 3.00. The highest BCUT2D eigenvalue weighted by Gasteiger charge is 2.49. The fraction of sp³-hybridized carbons (Fsp3) is 0.882. The Balaban J connectivity index is 0.00000156. The monoisotopic (exact) mass is 394 g/mol. The summed E-state index contributed by atoms with van der Waals surface area (Å²) in [6.07, 6.45) is 4.95. The molecule has 3 aliphatic rings. The molecule has 1 saturated carbocycles. The molecule has 0 aromatic rings. The van der Waals surface area contributed by atoms with E-state index in [2.05, 4.69) is 22.6 Å². The number of nitrogens with one attached hydrogen (secondary N) is 2. The number of likely N-dealkylation sites (N-methyl/N-ethyl adjacent to an activating group) is 1. The van der Waals surface area contributed by atoms with Crippen LogP contribution in [0.4, 0.5) is 0 Å². The number of nitrogens with zero attached hydrogens (tertiary/aromatic N) is 2. The van der Waals surface area contributed by atoms with E-state index in [1.165, 1.54) is 6.42 Å². The van der Waals surface area contributed by atoms with Crippen LogP contribution in [0.5, 0.6) is 0 Å². The van der Waals surface area contributed by atoms with Gasteiger partial charge in [-0.1, -0.05) is 12.8 Å². The summed E-state index contributed by atoms with van der Waals surface area (Å²) in [6.45, 7) is 5.73. The van der Waals surface area contributed by atoms with Crippen molar-refractivity contribution in [3.05, 3.63) is 0 Å². The van der Waals surface area contributed by atoms with Crippen molar-refractivity contribution in [1.82, 2.24) is 20.4 Å². The molecule has 2 amide bonds. The third-order valence-electron chi connectivity index (χ3n) is 5.97. The Morgan fingerprint density at radius 3 is 2.60 bits per heavy atom. The van der Waals surface area contributed by atoms with Gasteiger partial charge in [0.15, 0.2) is 0 Å². The summed E-state index contributed by atoms with van der Waals surface area (Å²) in [4.78, 5) is 29.1. The van der Waals surface area contributed by atoms with Gasteiger partial charge in [0.25, 0.3) is 0 Å². The van der Waals surface area contributed by atoms with E-state index in [0.717, 1.165) is 58.5 Å². The van der Waals surface area contributed by atoms with Crippen LogP contribution in [-0.2, 0) is 9.59 Å². The van der Waals surface area contributed by atoms with E-state index in [9.17, 15) is 9.59 Å². The Kier molecular flexibility index (Phi) is 8.95. The molecule has 3 rings (SSSR count). The summed E-state index contributed by atoms with van der Waals surface area (Å²) in [5.41, 5.74) is -0.213. The first-order valence-electron chi connectivity index (χ1n) is 9.07. The smallest absolute Gasteiger partial charge is 0.227 e. The molecule has 2 heterocycles. The summed E-state index contributed by atoms with van der Waals surface area (Å²) >= 11 is 0. The van der Waals surface area contributed by atoms with E-state index in [0.29, 0.717) is 18.9 Å². The zero-order chi connectivity index (χ0) is 16.3. The molecule has 0 aromatic carbocycles. The summed E-state index contributed by atoms with van der Waals surface area (Å²) in [6, 6.07) is 0. The lowest BCUT2D eigenvalue weighted by atomic mass is 9.67. The van der Waals surface area contributed by atoms with Gasteiger partial charge in [0.1, 0.15) is 0 Å². The van der Waals surface area contributed by atoms with Crippen LogP contribution in [0.1, 0.15) is 32.1 Å². The van der Waals surface area contributed by atoms with Gasteiger partial charge in [-0.05, 0) is 32.4 Å². The summed E-state index contributed by atoms with van der Waals surface area (Å²) in [7, 11) is 2.08. The molecule has 2 saturated heterocycles. The second kappa shape index (κ2) is 9.95. The van der Waals surface area contributed by atoms with Crippen LogP contribution in [0.2, 0.25) is 0 Å². The maximum atomic E-state index is 12.7. The highest BCUT2D eigenvalue weighted by molar-refractivity contribution is 5.86. The number of rotatable bonds is 4. The fourth-order valence-corrected chi connectivity index (χ4v) is 4.36. The first kappa shape index (κ1) is 22.5. The van der Waals surface area contributed by atoms with Crippen molar-refractivity contribution < 1.29 is 9.59 Å². The van der Waals surface area contributed by atoms with E-state index in [-0.39, 0.29) is 42.0 Å². The molecule has 2 atom stereocenters. The molecular weight excluding hydrogens is 363 g/mol. The number of fused-ring (bicyclic) bond motifs is 1. The van der Waals surface area contributed by atoms with Crippen molar-refractivity contribution in [2.45, 2.75) is 32.1 Å². The molecule has 0 bridgehead atoms. The number of amides is 2. The summed E-state index contributed by atoms with van der Waals surface area (Å²) < 4.78 is 0. The predicted octanol–water partition coefficient (Wildman–Crippen LogP) is 0.890. The van der Waals surface area contributed by atoms with Crippen molar-refractivity contribution in [2.24, 2.45) is 11.3 Å². The quantitative estimate of drug-likeness (QED) is 0.742. The molecule has 8 heteroatoms. The Morgan fingerprint density at radius 2 is 1.88 bits per heavy atom. The van der Waals surface area contributed by atoms with Gasteiger partial charge >= 0.3 is 0 Å². The third-order valence-corrected chi connectivity index (χ3v) is 5.97. The maximum absolute atomic E-state index is 12.7. The predicted molar refractivity (Wildman–Crippen MR) is 103 cm³/mol. The minimum Gasteiger partial charge on any atom is -0.355 e. The molecule has 0 aromatic heterocycles. The van der Waals surface area contributed by atoms with Crippen molar-refractivity contribution >= 4 is 36.6 Å². The van der Waals surface area contributed by atoms with Crippen LogP contribution >= 0.6 is 24.8 Å². The minimum absolute atomic E-state index is 0. The van der Waals surface area contributed by atoms with E-state index >= 15 is 0 Å². The van der Waals surface area contributed by atoms with Crippen molar-refractivity contribution in [2.75, 3.05) is 52.9 Å². The van der Waals surface area contributed by atoms with Crippen LogP contribution < -0.4 is 10.6 Å². The fourth-order valence-electron chi connectivity index (χ4n) is 4.36. The zero-order valence-electron chi connectivity index (χ0n) is 15.1. The van der Waals surface area contributed by atoms with E-state index in [1.54, 1.807) is 0 Å². The molecular formula is C17H32Cl2N4O2. The third kappa shape index (κ3) is 5.00. The molecule has 0 radical (unpaired) electrons. The average molecular weight is 395 g/mol. The zero-order valence-corrected chi connectivity index (χ0v) is 16.7. The number of carbonyl (C=O) groups excluding carboxylic acids is 2. The van der Waals surface area contributed by atoms with Gasteiger partial charge in [-0.2, -0.15) is 0 Å². The summed E-state index contributed by atoms with van der Waals surface area (Å²) in [5.74, 6) is 0.809. The van der Waals surface area contributed by atoms with Gasteiger partial charge in [0.05, 0.1) is 5.41 Å². The summed E-state index contributed by atoms with van der Waals surface area (Å²) in [5, 5.41) is 6.46. The molecule has 0 spiro atoms. The number of hydrogen-bond acceptors (Lipinski definition) is 4. The van der Waals surface area contributed by atoms with Gasteiger partial charge in [-0.25, -0.2) is 0 Å².